The molecule has 0 N–H and O–H groups in total. The van der Waals surface area contributed by atoms with Crippen molar-refractivity contribution in [1.82, 2.24) is 4.98 Å². The number of Topliss-reactive ketones (excluding diaryl/α,β-unsaturated/α-hetero) is 1. The topological polar surface area (TPSA) is 67.3 Å². The predicted octanol–water partition coefficient (Wildman–Crippen LogP) is 1.60. The van der Waals surface area contributed by atoms with Crippen LogP contribution in [0.4, 0.5) is 5.69 Å². The molecule has 0 saturated carbocycles. The van der Waals surface area contributed by atoms with Crippen molar-refractivity contribution in [3.05, 3.63) is 24.0 Å². The number of carbonyl (C=O) groups is 1. The van der Waals surface area contributed by atoms with Gasteiger partial charge in [-0.2, -0.15) is 11.8 Å². The summed E-state index contributed by atoms with van der Waals surface area (Å²) in [6.07, 6.45) is 3.27. The molecule has 1 aromatic rings. The molecule has 7 heteroatoms. The number of anilines is 1. The van der Waals surface area contributed by atoms with Gasteiger partial charge in [0.1, 0.15) is 11.1 Å². The van der Waals surface area contributed by atoms with Gasteiger partial charge >= 0.3 is 0 Å². The maximum absolute atomic E-state index is 11.9. The van der Waals surface area contributed by atoms with Crippen molar-refractivity contribution in [2.24, 2.45) is 0 Å². The lowest BCUT2D eigenvalue weighted by atomic mass is 10.2. The van der Waals surface area contributed by atoms with Crippen molar-refractivity contribution in [1.29, 1.82) is 0 Å². The van der Waals surface area contributed by atoms with Gasteiger partial charge in [-0.3, -0.25) is 9.78 Å². The second-order valence-electron chi connectivity index (χ2n) is 4.73. The first-order valence-corrected chi connectivity index (χ1v) is 9.57. The molecule has 2 heterocycles. The summed E-state index contributed by atoms with van der Waals surface area (Å²) < 4.78 is 23.7. The minimum absolute atomic E-state index is 0.00888. The molecule has 0 amide bonds. The Morgan fingerprint density at radius 2 is 2.25 bits per heavy atom. The van der Waals surface area contributed by atoms with Gasteiger partial charge in [-0.25, -0.2) is 8.42 Å². The highest BCUT2D eigenvalue weighted by molar-refractivity contribution is 8.01. The first kappa shape index (κ1) is 15.3. The van der Waals surface area contributed by atoms with Crippen LogP contribution in [0.1, 0.15) is 23.8 Å². The summed E-state index contributed by atoms with van der Waals surface area (Å²) in [6.45, 7) is 2.46. The number of ketones is 1. The third-order valence-electron chi connectivity index (χ3n) is 3.27. The first-order valence-electron chi connectivity index (χ1n) is 6.46. The number of carbonyl (C=O) groups excluding carboxylic acids is 1. The predicted molar refractivity (Wildman–Crippen MR) is 82.2 cm³/mol. The van der Waals surface area contributed by atoms with Crippen LogP contribution >= 0.6 is 11.8 Å². The molecule has 0 bridgehead atoms. The third-order valence-corrected chi connectivity index (χ3v) is 5.91. The Balaban J connectivity index is 2.27. The Morgan fingerprint density at radius 1 is 1.50 bits per heavy atom. The van der Waals surface area contributed by atoms with Crippen molar-refractivity contribution < 1.29 is 13.2 Å². The lowest BCUT2D eigenvalue weighted by Gasteiger charge is -2.35. The Hall–Kier alpha value is -1.08. The molecule has 1 aliphatic heterocycles. The van der Waals surface area contributed by atoms with Crippen LogP contribution in [0, 0.1) is 0 Å². The van der Waals surface area contributed by atoms with E-state index in [9.17, 15) is 13.2 Å². The lowest BCUT2D eigenvalue weighted by molar-refractivity contribution is 0.0983. The van der Waals surface area contributed by atoms with E-state index in [1.165, 1.54) is 6.26 Å². The van der Waals surface area contributed by atoms with E-state index in [0.29, 0.717) is 24.4 Å². The SMILES string of the molecule is CCC(=O)c1ccc(N2CCSCC2S(C)(=O)=O)cn1. The number of hydrogen-bond acceptors (Lipinski definition) is 6. The summed E-state index contributed by atoms with van der Waals surface area (Å²) in [6, 6.07) is 3.45. The van der Waals surface area contributed by atoms with Crippen LogP contribution in [-0.2, 0) is 9.84 Å². The molecule has 0 aromatic carbocycles. The maximum atomic E-state index is 11.9. The van der Waals surface area contributed by atoms with E-state index in [0.717, 1.165) is 11.4 Å². The number of pyridine rings is 1. The fraction of sp³-hybridized carbons (Fsp3) is 0.538. The van der Waals surface area contributed by atoms with Crippen LogP contribution in [-0.4, -0.2) is 48.9 Å². The van der Waals surface area contributed by atoms with Crippen molar-refractivity contribution in [3.63, 3.8) is 0 Å². The third kappa shape index (κ3) is 3.32. The molecule has 0 radical (unpaired) electrons. The largest absolute Gasteiger partial charge is 0.352 e. The van der Waals surface area contributed by atoms with Crippen molar-refractivity contribution in [3.8, 4) is 0 Å². The van der Waals surface area contributed by atoms with E-state index in [1.54, 1.807) is 37.0 Å². The second-order valence-corrected chi connectivity index (χ2v) is 8.08. The van der Waals surface area contributed by atoms with Gasteiger partial charge in [-0.1, -0.05) is 6.92 Å². The molecule has 5 nitrogen and oxygen atoms in total. The zero-order valence-corrected chi connectivity index (χ0v) is 13.2. The Kier molecular flexibility index (Phi) is 4.70. The standard InChI is InChI=1S/C13H18N2O3S2/c1-3-12(16)11-5-4-10(8-14-11)15-6-7-19-9-13(15)20(2,17)18/h4-5,8,13H,3,6-7,9H2,1-2H3. The summed E-state index contributed by atoms with van der Waals surface area (Å²) in [5, 5.41) is -0.518. The van der Waals surface area contributed by atoms with Gasteiger partial charge in [-0.15, -0.1) is 0 Å². The fourth-order valence-corrected chi connectivity index (χ4v) is 4.97. The lowest BCUT2D eigenvalue weighted by Crippen LogP contribution is -2.47. The molecular weight excluding hydrogens is 296 g/mol. The number of hydrogen-bond donors (Lipinski definition) is 0. The molecule has 1 unspecified atom stereocenters. The van der Waals surface area contributed by atoms with Crippen molar-refractivity contribution in [2.75, 3.05) is 29.2 Å². The quantitative estimate of drug-likeness (QED) is 0.786. The number of thioether (sulfide) groups is 1. The summed E-state index contributed by atoms with van der Waals surface area (Å²) in [5.74, 6) is 1.45. The van der Waals surface area contributed by atoms with Gasteiger partial charge in [-0.05, 0) is 12.1 Å². The number of nitrogens with zero attached hydrogens (tertiary/aromatic N) is 2. The Morgan fingerprint density at radius 3 is 2.80 bits per heavy atom. The second kappa shape index (κ2) is 6.13. The van der Waals surface area contributed by atoms with Crippen LogP contribution < -0.4 is 4.90 Å². The molecular formula is C13H18N2O3S2. The average molecular weight is 314 g/mol. The van der Waals surface area contributed by atoms with E-state index in [-0.39, 0.29) is 5.78 Å². The van der Waals surface area contributed by atoms with Gasteiger partial charge in [0.2, 0.25) is 0 Å². The Bertz CT molecular complexity index is 584. The number of aromatic nitrogens is 1. The van der Waals surface area contributed by atoms with Crippen LogP contribution in [0.25, 0.3) is 0 Å². The van der Waals surface area contributed by atoms with Crippen LogP contribution in [0.5, 0.6) is 0 Å². The summed E-state index contributed by atoms with van der Waals surface area (Å²) >= 11 is 1.64. The summed E-state index contributed by atoms with van der Waals surface area (Å²) in [5.41, 5.74) is 1.19. The van der Waals surface area contributed by atoms with Crippen LogP contribution in [0.2, 0.25) is 0 Å². The monoisotopic (exact) mass is 314 g/mol. The molecule has 1 aromatic heterocycles. The van der Waals surface area contributed by atoms with E-state index < -0.39 is 15.2 Å². The molecule has 1 aliphatic rings. The van der Waals surface area contributed by atoms with Crippen molar-refractivity contribution in [2.45, 2.75) is 18.7 Å². The zero-order valence-electron chi connectivity index (χ0n) is 11.6. The first-order chi connectivity index (χ1) is 9.43. The Labute approximate surface area is 123 Å². The number of sulfone groups is 1. The van der Waals surface area contributed by atoms with Crippen LogP contribution in [0.3, 0.4) is 0 Å². The highest BCUT2D eigenvalue weighted by atomic mass is 32.2. The summed E-state index contributed by atoms with van der Waals surface area (Å²) in [7, 11) is -3.14. The highest BCUT2D eigenvalue weighted by Gasteiger charge is 2.31. The minimum atomic E-state index is -3.14. The number of rotatable bonds is 4. The molecule has 0 aliphatic carbocycles. The van der Waals surface area contributed by atoms with E-state index >= 15 is 0 Å². The van der Waals surface area contributed by atoms with Crippen LogP contribution in [0.15, 0.2) is 18.3 Å². The van der Waals surface area contributed by atoms with E-state index in [4.69, 9.17) is 0 Å². The average Bonchev–Trinajstić information content (AvgIpc) is 2.46. The van der Waals surface area contributed by atoms with E-state index in [2.05, 4.69) is 4.98 Å². The van der Waals surface area contributed by atoms with Gasteiger partial charge < -0.3 is 4.90 Å². The molecule has 20 heavy (non-hydrogen) atoms. The summed E-state index contributed by atoms with van der Waals surface area (Å²) in [4.78, 5) is 17.6. The molecule has 2 rings (SSSR count). The van der Waals surface area contributed by atoms with E-state index in [1.807, 2.05) is 4.90 Å². The maximum Gasteiger partial charge on any atom is 0.180 e. The molecule has 110 valence electrons. The van der Waals surface area contributed by atoms with Crippen molar-refractivity contribution >= 4 is 33.1 Å². The smallest absolute Gasteiger partial charge is 0.180 e. The normalized spacial score (nSPS) is 19.9. The molecule has 1 fully saturated rings. The molecule has 1 atom stereocenters. The van der Waals surface area contributed by atoms with Gasteiger partial charge in [0, 0.05) is 30.7 Å². The minimum Gasteiger partial charge on any atom is -0.352 e. The van der Waals surface area contributed by atoms with Gasteiger partial charge in [0.25, 0.3) is 0 Å². The fourth-order valence-electron chi connectivity index (χ4n) is 2.13. The highest BCUT2D eigenvalue weighted by Crippen LogP contribution is 2.26. The van der Waals surface area contributed by atoms with Gasteiger partial charge in [0.15, 0.2) is 15.6 Å². The molecule has 1 saturated heterocycles. The zero-order chi connectivity index (χ0) is 14.8. The molecule has 0 spiro atoms. The van der Waals surface area contributed by atoms with Gasteiger partial charge in [0.05, 0.1) is 11.9 Å².